The molecular formula is C20H13N3O2S. The van der Waals surface area contributed by atoms with E-state index in [9.17, 15) is 4.79 Å². The Morgan fingerprint density at radius 2 is 1.96 bits per heavy atom. The van der Waals surface area contributed by atoms with Crippen LogP contribution in [0.25, 0.3) is 31.9 Å². The van der Waals surface area contributed by atoms with Crippen molar-refractivity contribution in [2.75, 3.05) is 5.32 Å². The second kappa shape index (κ2) is 5.86. The Kier molecular flexibility index (Phi) is 3.36. The average molecular weight is 359 g/mol. The van der Waals surface area contributed by atoms with Crippen molar-refractivity contribution in [1.29, 1.82) is 0 Å². The van der Waals surface area contributed by atoms with Crippen LogP contribution in [0.2, 0.25) is 0 Å². The van der Waals surface area contributed by atoms with Gasteiger partial charge < -0.3 is 14.7 Å². The number of nitrogens with zero attached hydrogens (tertiary/aromatic N) is 1. The zero-order valence-corrected chi connectivity index (χ0v) is 14.3. The third kappa shape index (κ3) is 2.48. The highest BCUT2D eigenvalue weighted by atomic mass is 32.1. The van der Waals surface area contributed by atoms with Gasteiger partial charge in [0, 0.05) is 17.1 Å². The van der Waals surface area contributed by atoms with Gasteiger partial charge in [-0.2, -0.15) is 0 Å². The maximum Gasteiger partial charge on any atom is 0.291 e. The molecule has 5 aromatic rings. The van der Waals surface area contributed by atoms with Crippen LogP contribution in [-0.2, 0) is 0 Å². The van der Waals surface area contributed by atoms with E-state index in [-0.39, 0.29) is 11.7 Å². The monoisotopic (exact) mass is 359 g/mol. The lowest BCUT2D eigenvalue weighted by Gasteiger charge is -2.04. The number of aromatic amines is 1. The summed E-state index contributed by atoms with van der Waals surface area (Å²) in [6, 6.07) is 19.0. The number of rotatable bonds is 3. The summed E-state index contributed by atoms with van der Waals surface area (Å²) < 4.78 is 6.84. The van der Waals surface area contributed by atoms with Crippen molar-refractivity contribution in [1.82, 2.24) is 9.97 Å². The van der Waals surface area contributed by atoms with E-state index in [1.54, 1.807) is 23.5 Å². The molecule has 3 aromatic heterocycles. The van der Waals surface area contributed by atoms with Crippen molar-refractivity contribution in [2.24, 2.45) is 0 Å². The molecule has 0 bridgehead atoms. The third-order valence-electron chi connectivity index (χ3n) is 4.18. The van der Waals surface area contributed by atoms with Gasteiger partial charge in [-0.3, -0.25) is 4.79 Å². The van der Waals surface area contributed by atoms with Crippen molar-refractivity contribution >= 4 is 44.1 Å². The van der Waals surface area contributed by atoms with Crippen molar-refractivity contribution in [3.05, 3.63) is 72.6 Å². The van der Waals surface area contributed by atoms with Crippen LogP contribution in [0.1, 0.15) is 10.6 Å². The van der Waals surface area contributed by atoms with Gasteiger partial charge in [-0.05, 0) is 42.5 Å². The molecule has 0 fully saturated rings. The Morgan fingerprint density at radius 1 is 1.04 bits per heavy atom. The van der Waals surface area contributed by atoms with Crippen molar-refractivity contribution in [2.45, 2.75) is 0 Å². The molecule has 5 rings (SSSR count). The minimum atomic E-state index is -0.286. The molecule has 0 unspecified atom stereocenters. The maximum absolute atomic E-state index is 12.6. The first-order valence-corrected chi connectivity index (χ1v) is 8.93. The number of hydrogen-bond donors (Lipinski definition) is 2. The molecule has 0 aliphatic carbocycles. The number of hydrogen-bond acceptors (Lipinski definition) is 4. The fraction of sp³-hybridized carbons (Fsp3) is 0. The number of fused-ring (bicyclic) bond motifs is 2. The Balaban J connectivity index is 1.44. The highest BCUT2D eigenvalue weighted by molar-refractivity contribution is 7.21. The second-order valence-electron chi connectivity index (χ2n) is 5.85. The molecule has 5 nitrogen and oxygen atoms in total. The van der Waals surface area contributed by atoms with Crippen LogP contribution in [0.4, 0.5) is 5.69 Å². The predicted octanol–water partition coefficient (Wildman–Crippen LogP) is 5.29. The van der Waals surface area contributed by atoms with Crippen LogP contribution in [0.5, 0.6) is 0 Å². The van der Waals surface area contributed by atoms with Crippen LogP contribution >= 0.6 is 11.3 Å². The molecule has 0 atom stereocenters. The van der Waals surface area contributed by atoms with Crippen molar-refractivity contribution < 1.29 is 9.21 Å². The first-order valence-electron chi connectivity index (χ1n) is 8.11. The summed E-state index contributed by atoms with van der Waals surface area (Å²) in [6.45, 7) is 0. The molecule has 0 saturated carbocycles. The summed E-state index contributed by atoms with van der Waals surface area (Å²) in [4.78, 5) is 20.3. The number of thiazole rings is 1. The smallest absolute Gasteiger partial charge is 0.291 e. The van der Waals surface area contributed by atoms with Gasteiger partial charge in [-0.25, -0.2) is 4.98 Å². The minimum absolute atomic E-state index is 0.256. The first-order chi connectivity index (χ1) is 12.8. The van der Waals surface area contributed by atoms with E-state index in [0.717, 1.165) is 31.8 Å². The molecule has 2 aromatic carbocycles. The van der Waals surface area contributed by atoms with E-state index in [0.29, 0.717) is 5.76 Å². The minimum Gasteiger partial charge on any atom is -0.448 e. The zero-order valence-electron chi connectivity index (χ0n) is 13.5. The standard InChI is InChI=1S/C20H13N3O2S/c24-19(22-14-6-3-5-13-12(14)10-11-21-13)16-8-9-17(25-16)20-23-15-4-1-2-7-18(15)26-20/h1-11,21H,(H,22,24). The van der Waals surface area contributed by atoms with Crippen molar-refractivity contribution in [3.63, 3.8) is 0 Å². The molecule has 6 heteroatoms. The molecule has 0 saturated heterocycles. The second-order valence-corrected chi connectivity index (χ2v) is 6.88. The van der Waals surface area contributed by atoms with Crippen LogP contribution in [0, 0.1) is 0 Å². The van der Waals surface area contributed by atoms with Gasteiger partial charge >= 0.3 is 0 Å². The molecule has 26 heavy (non-hydrogen) atoms. The molecular weight excluding hydrogens is 346 g/mol. The Hall–Kier alpha value is -3.38. The number of nitrogens with one attached hydrogen (secondary N) is 2. The number of carbonyl (C=O) groups excluding carboxylic acids is 1. The van der Waals surface area contributed by atoms with E-state index in [1.807, 2.05) is 54.7 Å². The normalized spacial score (nSPS) is 11.2. The van der Waals surface area contributed by atoms with E-state index in [4.69, 9.17) is 4.42 Å². The highest BCUT2D eigenvalue weighted by Gasteiger charge is 2.16. The Bertz CT molecular complexity index is 1220. The Labute approximate surface area is 152 Å². The van der Waals surface area contributed by atoms with Gasteiger partial charge in [0.05, 0.1) is 15.9 Å². The molecule has 0 aliphatic heterocycles. The number of anilines is 1. The molecule has 0 aliphatic rings. The van der Waals surface area contributed by atoms with E-state index in [1.165, 1.54) is 0 Å². The van der Waals surface area contributed by atoms with E-state index >= 15 is 0 Å². The van der Waals surface area contributed by atoms with Crippen LogP contribution in [-0.4, -0.2) is 15.9 Å². The van der Waals surface area contributed by atoms with Gasteiger partial charge in [0.2, 0.25) is 0 Å². The summed E-state index contributed by atoms with van der Waals surface area (Å²) in [5, 5.41) is 4.63. The number of amides is 1. The zero-order chi connectivity index (χ0) is 17.5. The van der Waals surface area contributed by atoms with Gasteiger partial charge in [-0.15, -0.1) is 11.3 Å². The summed E-state index contributed by atoms with van der Waals surface area (Å²) in [6.07, 6.45) is 1.85. The quantitative estimate of drug-likeness (QED) is 0.460. The Morgan fingerprint density at radius 3 is 2.88 bits per heavy atom. The summed E-state index contributed by atoms with van der Waals surface area (Å²) in [7, 11) is 0. The predicted molar refractivity (Wildman–Crippen MR) is 104 cm³/mol. The van der Waals surface area contributed by atoms with Crippen LogP contribution in [0.3, 0.4) is 0 Å². The van der Waals surface area contributed by atoms with Crippen LogP contribution in [0.15, 0.2) is 71.3 Å². The number of para-hydroxylation sites is 1. The van der Waals surface area contributed by atoms with E-state index < -0.39 is 0 Å². The number of aromatic nitrogens is 2. The lowest BCUT2D eigenvalue weighted by molar-refractivity contribution is 0.0997. The molecule has 0 radical (unpaired) electrons. The first kappa shape index (κ1) is 14.9. The fourth-order valence-electron chi connectivity index (χ4n) is 2.93. The van der Waals surface area contributed by atoms with E-state index in [2.05, 4.69) is 15.3 Å². The maximum atomic E-state index is 12.6. The number of carbonyl (C=O) groups is 1. The van der Waals surface area contributed by atoms with Gasteiger partial charge in [0.15, 0.2) is 16.5 Å². The summed E-state index contributed by atoms with van der Waals surface area (Å²) in [5.41, 5.74) is 2.64. The summed E-state index contributed by atoms with van der Waals surface area (Å²) in [5.74, 6) is 0.564. The van der Waals surface area contributed by atoms with Gasteiger partial charge in [0.1, 0.15) is 0 Å². The lowest BCUT2D eigenvalue weighted by Crippen LogP contribution is -2.10. The van der Waals surface area contributed by atoms with Gasteiger partial charge in [-0.1, -0.05) is 18.2 Å². The molecule has 0 spiro atoms. The number of furan rings is 1. The fourth-order valence-corrected chi connectivity index (χ4v) is 3.86. The topological polar surface area (TPSA) is 70.9 Å². The molecule has 2 N–H and O–H groups in total. The average Bonchev–Trinajstić information content (AvgIpc) is 3.39. The number of H-pyrrole nitrogens is 1. The SMILES string of the molecule is O=C(Nc1cccc2[nH]ccc12)c1ccc(-c2nc3ccccc3s2)o1. The molecule has 1 amide bonds. The number of benzene rings is 2. The highest BCUT2D eigenvalue weighted by Crippen LogP contribution is 2.31. The molecule has 3 heterocycles. The largest absolute Gasteiger partial charge is 0.448 e. The molecule has 126 valence electrons. The van der Waals surface area contributed by atoms with Gasteiger partial charge in [0.25, 0.3) is 5.91 Å². The summed E-state index contributed by atoms with van der Waals surface area (Å²) >= 11 is 1.54. The lowest BCUT2D eigenvalue weighted by atomic mass is 10.2. The van der Waals surface area contributed by atoms with Crippen LogP contribution < -0.4 is 5.32 Å². The van der Waals surface area contributed by atoms with Crippen molar-refractivity contribution in [3.8, 4) is 10.8 Å². The third-order valence-corrected chi connectivity index (χ3v) is 5.23.